The fourth-order valence-electron chi connectivity index (χ4n) is 2.70. The lowest BCUT2D eigenvalue weighted by atomic mass is 10.3. The zero-order valence-corrected chi connectivity index (χ0v) is 15.4. The Bertz CT molecular complexity index is 765. The van der Waals surface area contributed by atoms with E-state index in [4.69, 9.17) is 16.3 Å². The van der Waals surface area contributed by atoms with Crippen molar-refractivity contribution in [2.24, 2.45) is 0 Å². The largest absolute Gasteiger partial charge is 0.379 e. The van der Waals surface area contributed by atoms with Crippen LogP contribution in [0, 0.1) is 6.92 Å². The smallest absolute Gasteiger partial charge is 0.274 e. The number of nitrogens with one attached hydrogen (secondary N) is 2. The van der Waals surface area contributed by atoms with E-state index in [0.29, 0.717) is 28.0 Å². The van der Waals surface area contributed by atoms with Crippen LogP contribution in [0.25, 0.3) is 0 Å². The Labute approximate surface area is 157 Å². The molecular formula is C18H22ClN5O2. The molecule has 1 aromatic heterocycles. The monoisotopic (exact) mass is 375 g/mol. The number of carbonyl (C=O) groups is 1. The number of benzene rings is 1. The lowest BCUT2D eigenvalue weighted by Gasteiger charge is -2.26. The normalized spacial score (nSPS) is 14.8. The predicted molar refractivity (Wildman–Crippen MR) is 102 cm³/mol. The third-order valence-corrected chi connectivity index (χ3v) is 4.23. The third kappa shape index (κ3) is 5.39. The maximum absolute atomic E-state index is 12.5. The number of aromatic nitrogens is 2. The molecule has 8 heteroatoms. The Morgan fingerprint density at radius 3 is 2.85 bits per heavy atom. The van der Waals surface area contributed by atoms with Gasteiger partial charge in [0.25, 0.3) is 5.91 Å². The molecule has 1 amide bonds. The van der Waals surface area contributed by atoms with Crippen molar-refractivity contribution in [2.75, 3.05) is 50.0 Å². The molecule has 0 radical (unpaired) electrons. The zero-order chi connectivity index (χ0) is 18.4. The molecule has 0 unspecified atom stereocenters. The minimum Gasteiger partial charge on any atom is -0.379 e. The molecule has 26 heavy (non-hydrogen) atoms. The number of halogens is 1. The predicted octanol–water partition coefficient (Wildman–Crippen LogP) is 2.43. The average molecular weight is 376 g/mol. The van der Waals surface area contributed by atoms with Crippen molar-refractivity contribution in [3.63, 3.8) is 0 Å². The van der Waals surface area contributed by atoms with Gasteiger partial charge < -0.3 is 15.4 Å². The van der Waals surface area contributed by atoms with Gasteiger partial charge in [-0.1, -0.05) is 17.7 Å². The summed E-state index contributed by atoms with van der Waals surface area (Å²) in [5.41, 5.74) is 0.937. The first-order chi connectivity index (χ1) is 12.6. The third-order valence-electron chi connectivity index (χ3n) is 3.99. The molecule has 1 aliphatic heterocycles. The average Bonchev–Trinajstić information content (AvgIpc) is 2.62. The number of carbonyl (C=O) groups excluding carboxylic acids is 1. The lowest BCUT2D eigenvalue weighted by molar-refractivity contribution is 0.0398. The van der Waals surface area contributed by atoms with Crippen LogP contribution in [0.3, 0.4) is 0 Å². The Morgan fingerprint density at radius 2 is 2.08 bits per heavy atom. The molecule has 2 aromatic rings. The van der Waals surface area contributed by atoms with E-state index in [0.717, 1.165) is 39.4 Å². The van der Waals surface area contributed by atoms with E-state index in [1.165, 1.54) is 0 Å². The molecule has 1 saturated heterocycles. The summed E-state index contributed by atoms with van der Waals surface area (Å²) in [5, 5.41) is 6.63. The van der Waals surface area contributed by atoms with E-state index in [1.807, 2.05) is 0 Å². The molecule has 1 fully saturated rings. The quantitative estimate of drug-likeness (QED) is 0.807. The minimum absolute atomic E-state index is 0.297. The fraction of sp³-hybridized carbons (Fsp3) is 0.389. The van der Waals surface area contributed by atoms with Crippen molar-refractivity contribution < 1.29 is 9.53 Å². The Balaban J connectivity index is 1.60. The van der Waals surface area contributed by atoms with Crippen LogP contribution in [0.15, 0.2) is 30.3 Å². The molecule has 1 aromatic carbocycles. The van der Waals surface area contributed by atoms with Gasteiger partial charge >= 0.3 is 0 Å². The van der Waals surface area contributed by atoms with Crippen LogP contribution in [0.1, 0.15) is 16.3 Å². The number of amides is 1. The number of hydrogen-bond donors (Lipinski definition) is 2. The van der Waals surface area contributed by atoms with Crippen LogP contribution in [0.2, 0.25) is 5.02 Å². The number of aryl methyl sites for hydroxylation is 1. The topological polar surface area (TPSA) is 79.4 Å². The molecule has 1 aliphatic rings. The van der Waals surface area contributed by atoms with Gasteiger partial charge in [-0.15, -0.1) is 0 Å². The minimum atomic E-state index is -0.297. The number of nitrogens with zero attached hydrogens (tertiary/aromatic N) is 3. The molecule has 0 atom stereocenters. The SMILES string of the molecule is Cc1nc(NCCN2CCOCC2)cc(C(=O)Nc2cccc(Cl)c2)n1. The second kappa shape index (κ2) is 8.93. The van der Waals surface area contributed by atoms with Gasteiger partial charge in [0.1, 0.15) is 17.3 Å². The van der Waals surface area contributed by atoms with Crippen molar-refractivity contribution in [3.05, 3.63) is 46.9 Å². The number of ether oxygens (including phenoxy) is 1. The van der Waals surface area contributed by atoms with Crippen molar-refractivity contribution in [1.82, 2.24) is 14.9 Å². The van der Waals surface area contributed by atoms with E-state index in [9.17, 15) is 4.79 Å². The van der Waals surface area contributed by atoms with Crippen LogP contribution in [-0.2, 0) is 4.74 Å². The van der Waals surface area contributed by atoms with Gasteiger partial charge in [0.15, 0.2) is 0 Å². The van der Waals surface area contributed by atoms with E-state index < -0.39 is 0 Å². The van der Waals surface area contributed by atoms with Crippen LogP contribution in [-0.4, -0.2) is 60.2 Å². The van der Waals surface area contributed by atoms with E-state index >= 15 is 0 Å². The summed E-state index contributed by atoms with van der Waals surface area (Å²) in [5.74, 6) is 0.883. The number of anilines is 2. The maximum Gasteiger partial charge on any atom is 0.274 e. The molecule has 3 rings (SSSR count). The molecule has 0 spiro atoms. The van der Waals surface area contributed by atoms with Crippen LogP contribution >= 0.6 is 11.6 Å². The Kier molecular flexibility index (Phi) is 6.38. The van der Waals surface area contributed by atoms with Crippen molar-refractivity contribution >= 4 is 29.0 Å². The van der Waals surface area contributed by atoms with Crippen molar-refractivity contribution in [1.29, 1.82) is 0 Å². The van der Waals surface area contributed by atoms with Gasteiger partial charge in [0.05, 0.1) is 13.2 Å². The summed E-state index contributed by atoms with van der Waals surface area (Å²) in [4.78, 5) is 23.4. The summed E-state index contributed by atoms with van der Waals surface area (Å²) in [7, 11) is 0. The van der Waals surface area contributed by atoms with Gasteiger partial charge in [-0.25, -0.2) is 9.97 Å². The number of hydrogen-bond acceptors (Lipinski definition) is 6. The summed E-state index contributed by atoms with van der Waals surface area (Å²) >= 11 is 5.95. The molecular weight excluding hydrogens is 354 g/mol. The van der Waals surface area contributed by atoms with Crippen LogP contribution < -0.4 is 10.6 Å². The highest BCUT2D eigenvalue weighted by molar-refractivity contribution is 6.30. The molecule has 0 aliphatic carbocycles. The van der Waals surface area contributed by atoms with Gasteiger partial charge in [-0.2, -0.15) is 0 Å². The first kappa shape index (κ1) is 18.6. The highest BCUT2D eigenvalue weighted by atomic mass is 35.5. The fourth-order valence-corrected chi connectivity index (χ4v) is 2.89. The maximum atomic E-state index is 12.5. The second-order valence-corrected chi connectivity index (χ2v) is 6.47. The highest BCUT2D eigenvalue weighted by Gasteiger charge is 2.12. The first-order valence-electron chi connectivity index (χ1n) is 8.57. The first-order valence-corrected chi connectivity index (χ1v) is 8.94. The molecule has 0 saturated carbocycles. The molecule has 0 bridgehead atoms. The molecule has 2 heterocycles. The number of morpholine rings is 1. The van der Waals surface area contributed by atoms with E-state index in [2.05, 4.69) is 25.5 Å². The lowest BCUT2D eigenvalue weighted by Crippen LogP contribution is -2.39. The zero-order valence-electron chi connectivity index (χ0n) is 14.7. The van der Waals surface area contributed by atoms with Crippen molar-refractivity contribution in [3.8, 4) is 0 Å². The Morgan fingerprint density at radius 1 is 1.27 bits per heavy atom. The summed E-state index contributed by atoms with van der Waals surface area (Å²) < 4.78 is 5.34. The summed E-state index contributed by atoms with van der Waals surface area (Å²) in [6, 6.07) is 8.66. The Hall–Kier alpha value is -2.22. The highest BCUT2D eigenvalue weighted by Crippen LogP contribution is 2.16. The van der Waals surface area contributed by atoms with Crippen LogP contribution in [0.5, 0.6) is 0 Å². The molecule has 138 valence electrons. The van der Waals surface area contributed by atoms with Gasteiger partial charge in [-0.3, -0.25) is 9.69 Å². The van der Waals surface area contributed by atoms with Gasteiger partial charge in [0, 0.05) is 43.0 Å². The molecule has 2 N–H and O–H groups in total. The van der Waals surface area contributed by atoms with E-state index in [1.54, 1.807) is 37.3 Å². The van der Waals surface area contributed by atoms with Crippen molar-refractivity contribution in [2.45, 2.75) is 6.92 Å². The van der Waals surface area contributed by atoms with Gasteiger partial charge in [-0.05, 0) is 25.1 Å². The second-order valence-electron chi connectivity index (χ2n) is 6.03. The summed E-state index contributed by atoms with van der Waals surface area (Å²) in [6.45, 7) is 6.85. The molecule has 7 nitrogen and oxygen atoms in total. The van der Waals surface area contributed by atoms with E-state index in [-0.39, 0.29) is 5.91 Å². The standard InChI is InChI=1S/C18H22ClN5O2/c1-13-21-16(18(25)23-15-4-2-3-14(19)11-15)12-17(22-13)20-5-6-24-7-9-26-10-8-24/h2-4,11-12H,5-10H2,1H3,(H,23,25)(H,20,21,22). The van der Waals surface area contributed by atoms with Gasteiger partial charge in [0.2, 0.25) is 0 Å². The number of rotatable bonds is 6. The van der Waals surface area contributed by atoms with Crippen LogP contribution in [0.4, 0.5) is 11.5 Å². The summed E-state index contributed by atoms with van der Waals surface area (Å²) in [6.07, 6.45) is 0.